The number of thiophene rings is 1. The zero-order valence-electron chi connectivity index (χ0n) is 20.5. The molecule has 1 aliphatic rings. The van der Waals surface area contributed by atoms with Crippen molar-refractivity contribution in [1.29, 1.82) is 0 Å². The molecule has 0 spiro atoms. The maximum atomic E-state index is 14.3. The normalized spacial score (nSPS) is 23.1. The van der Waals surface area contributed by atoms with Crippen LogP contribution >= 0.6 is 11.3 Å². The van der Waals surface area contributed by atoms with Crippen LogP contribution in [-0.2, 0) is 25.7 Å². The molecule has 1 fully saturated rings. The molecule has 2 N–H and O–H groups in total. The molecule has 0 bridgehead atoms. The molecular formula is C25H32FN3O6S. The molecule has 11 heteroatoms. The molecular weight excluding hydrogens is 489 g/mol. The Morgan fingerprint density at radius 1 is 1.31 bits per heavy atom. The molecule has 1 saturated heterocycles. The second kappa shape index (κ2) is 12.9. The summed E-state index contributed by atoms with van der Waals surface area (Å²) in [6, 6.07) is 5.18. The van der Waals surface area contributed by atoms with Crippen molar-refractivity contribution < 1.29 is 28.4 Å². The van der Waals surface area contributed by atoms with E-state index in [2.05, 4.69) is 15.4 Å². The molecule has 1 aromatic heterocycles. The van der Waals surface area contributed by atoms with Crippen molar-refractivity contribution in [1.82, 2.24) is 10.6 Å². The van der Waals surface area contributed by atoms with Crippen LogP contribution in [-0.4, -0.2) is 48.6 Å². The summed E-state index contributed by atoms with van der Waals surface area (Å²) in [5, 5.41) is 22.0. The zero-order chi connectivity index (χ0) is 26.2. The fourth-order valence-corrected chi connectivity index (χ4v) is 5.35. The number of benzene rings is 1. The van der Waals surface area contributed by atoms with Crippen molar-refractivity contribution >= 4 is 23.2 Å². The van der Waals surface area contributed by atoms with Crippen molar-refractivity contribution in [2.75, 3.05) is 13.7 Å². The molecule has 1 aliphatic heterocycles. The monoisotopic (exact) mass is 521 g/mol. The third kappa shape index (κ3) is 6.45. The van der Waals surface area contributed by atoms with Gasteiger partial charge in [0.25, 0.3) is 0 Å². The summed E-state index contributed by atoms with van der Waals surface area (Å²) < 4.78 is 25.1. The van der Waals surface area contributed by atoms with Crippen LogP contribution in [0.25, 0.3) is 0 Å². The number of carbonyl (C=O) groups excluding carboxylic acids is 2. The van der Waals surface area contributed by atoms with Crippen LogP contribution in [0.15, 0.2) is 41.1 Å². The van der Waals surface area contributed by atoms with Gasteiger partial charge in [0.15, 0.2) is 0 Å². The van der Waals surface area contributed by atoms with E-state index in [1.165, 1.54) is 24.5 Å². The van der Waals surface area contributed by atoms with Gasteiger partial charge in [-0.25, -0.2) is 4.39 Å². The van der Waals surface area contributed by atoms with E-state index in [-0.39, 0.29) is 30.4 Å². The van der Waals surface area contributed by atoms with Gasteiger partial charge in [-0.3, -0.25) is 25.0 Å². The number of esters is 1. The Bertz CT molecular complexity index is 1040. The van der Waals surface area contributed by atoms with Gasteiger partial charge in [-0.15, -0.1) is 0 Å². The number of nitrogens with zero attached hydrogens (tertiary/aromatic N) is 1. The summed E-state index contributed by atoms with van der Waals surface area (Å²) >= 11 is 1.41. The number of nitrogens with one attached hydrogen (secondary N) is 2. The van der Waals surface area contributed by atoms with Crippen molar-refractivity contribution in [2.45, 2.75) is 57.5 Å². The van der Waals surface area contributed by atoms with Gasteiger partial charge < -0.3 is 14.8 Å². The Morgan fingerprint density at radius 3 is 2.67 bits per heavy atom. The zero-order valence-corrected chi connectivity index (χ0v) is 21.3. The third-order valence-corrected chi connectivity index (χ3v) is 7.44. The number of hydrogen-bond donors (Lipinski definition) is 2. The van der Waals surface area contributed by atoms with E-state index < -0.39 is 47.8 Å². The van der Waals surface area contributed by atoms with Crippen molar-refractivity contribution in [3.8, 4) is 0 Å². The molecule has 2 heterocycles. The van der Waals surface area contributed by atoms with Crippen LogP contribution in [0.3, 0.4) is 0 Å². The Morgan fingerprint density at radius 2 is 2.06 bits per heavy atom. The average Bonchev–Trinajstić information content (AvgIpc) is 3.53. The molecule has 36 heavy (non-hydrogen) atoms. The number of amides is 1. The van der Waals surface area contributed by atoms with E-state index in [4.69, 9.17) is 4.74 Å². The Hall–Kier alpha value is -2.89. The number of hydrogen-bond acceptors (Lipinski definition) is 8. The summed E-state index contributed by atoms with van der Waals surface area (Å²) in [6.45, 7) is 3.80. The summed E-state index contributed by atoms with van der Waals surface area (Å²) in [5.41, 5.74) is 1.05. The Kier molecular flexibility index (Phi) is 9.91. The lowest BCUT2D eigenvalue weighted by Gasteiger charge is -2.32. The molecule has 9 nitrogen and oxygen atoms in total. The van der Waals surface area contributed by atoms with Gasteiger partial charge >= 0.3 is 5.97 Å². The first-order valence-electron chi connectivity index (χ1n) is 11.9. The number of methoxy groups -OCH3 is 1. The lowest BCUT2D eigenvalue weighted by molar-refractivity contribution is -0.535. The lowest BCUT2D eigenvalue weighted by Crippen LogP contribution is -2.51. The predicted molar refractivity (Wildman–Crippen MR) is 132 cm³/mol. The Labute approximate surface area is 213 Å². The van der Waals surface area contributed by atoms with Gasteiger partial charge in [0, 0.05) is 17.0 Å². The maximum Gasteiger partial charge on any atom is 0.307 e. The highest BCUT2D eigenvalue weighted by Crippen LogP contribution is 2.40. The van der Waals surface area contributed by atoms with Crippen molar-refractivity contribution in [3.63, 3.8) is 0 Å². The molecule has 0 unspecified atom stereocenters. The average molecular weight is 522 g/mol. The first-order valence-corrected chi connectivity index (χ1v) is 12.8. The minimum absolute atomic E-state index is 0.0230. The number of rotatable bonds is 12. The fourth-order valence-electron chi connectivity index (χ4n) is 4.65. The van der Waals surface area contributed by atoms with E-state index in [9.17, 15) is 24.1 Å². The number of halogens is 1. The molecule has 0 saturated carbocycles. The van der Waals surface area contributed by atoms with E-state index in [0.717, 1.165) is 0 Å². The largest absolute Gasteiger partial charge is 0.469 e. The Balaban J connectivity index is 1.94. The van der Waals surface area contributed by atoms with Crippen LogP contribution in [0.2, 0.25) is 0 Å². The smallest absolute Gasteiger partial charge is 0.307 e. The lowest BCUT2D eigenvalue weighted by atomic mass is 9.80. The number of ether oxygens (including phenoxy) is 2. The van der Waals surface area contributed by atoms with Crippen LogP contribution < -0.4 is 10.6 Å². The summed E-state index contributed by atoms with van der Waals surface area (Å²) in [5.74, 6) is -2.36. The molecule has 196 valence electrons. The van der Waals surface area contributed by atoms with Crippen LogP contribution in [0.1, 0.15) is 43.9 Å². The van der Waals surface area contributed by atoms with Crippen molar-refractivity contribution in [2.24, 2.45) is 11.8 Å². The molecule has 1 aromatic carbocycles. The predicted octanol–water partition coefficient (Wildman–Crippen LogP) is 3.47. The van der Waals surface area contributed by atoms with Gasteiger partial charge in [-0.1, -0.05) is 38.5 Å². The van der Waals surface area contributed by atoms with E-state index in [1.54, 1.807) is 24.3 Å². The minimum atomic E-state index is -1.16. The minimum Gasteiger partial charge on any atom is -0.469 e. The number of nitro groups is 1. The number of carbonyl (C=O) groups is 2. The highest BCUT2D eigenvalue weighted by molar-refractivity contribution is 7.08. The maximum absolute atomic E-state index is 14.3. The first kappa shape index (κ1) is 27.7. The molecule has 2 aromatic rings. The van der Waals surface area contributed by atoms with Crippen LogP contribution in [0.5, 0.6) is 0 Å². The topological polar surface area (TPSA) is 120 Å². The third-order valence-electron chi connectivity index (χ3n) is 6.74. The van der Waals surface area contributed by atoms with Gasteiger partial charge in [0.1, 0.15) is 11.9 Å². The summed E-state index contributed by atoms with van der Waals surface area (Å²) in [7, 11) is 1.26. The van der Waals surface area contributed by atoms with Gasteiger partial charge in [-0.05, 0) is 34.4 Å². The van der Waals surface area contributed by atoms with Crippen LogP contribution in [0.4, 0.5) is 4.39 Å². The molecule has 3 rings (SSSR count). The highest BCUT2D eigenvalue weighted by Gasteiger charge is 2.57. The van der Waals surface area contributed by atoms with E-state index >= 15 is 0 Å². The molecule has 6 atom stereocenters. The molecule has 0 aliphatic carbocycles. The van der Waals surface area contributed by atoms with Crippen molar-refractivity contribution in [3.05, 3.63) is 68.2 Å². The summed E-state index contributed by atoms with van der Waals surface area (Å²) in [4.78, 5) is 36.8. The molecule has 1 amide bonds. The van der Waals surface area contributed by atoms with Crippen LogP contribution in [0, 0.1) is 27.8 Å². The highest BCUT2D eigenvalue weighted by atomic mass is 32.1. The van der Waals surface area contributed by atoms with E-state index in [1.807, 2.05) is 24.6 Å². The molecule has 0 radical (unpaired) electrons. The standard InChI is InChI=1S/C25H32FN3O6S/c1-4-15(2)24(35-13-16-7-5-6-8-18(16)26)20-22(25(31)27-11-9-19(30)34-3)28-21(23(20)29(32)33)17-10-12-36-14-17/h5-8,10,12,14-15,20-24,28H,4,9,11,13H2,1-3H3,(H,27,31)/t15-,20+,21-,22-,23-,24-/m0/s1. The fraction of sp³-hybridized carbons (Fsp3) is 0.520. The van der Waals surface area contributed by atoms with E-state index in [0.29, 0.717) is 17.5 Å². The van der Waals surface area contributed by atoms with Gasteiger partial charge in [-0.2, -0.15) is 11.3 Å². The van der Waals surface area contributed by atoms with Gasteiger partial charge in [0.05, 0.1) is 38.2 Å². The quantitative estimate of drug-likeness (QED) is 0.249. The second-order valence-corrected chi connectivity index (χ2v) is 9.68. The van der Waals surface area contributed by atoms with Gasteiger partial charge in [0.2, 0.25) is 11.9 Å². The SMILES string of the molecule is CC[C@H](C)[C@H](OCc1ccccc1F)[C@H]1[C@H]([N+](=O)[O-])[C@H](c2ccsc2)N[C@@H]1C(=O)NCCC(=O)OC. The first-order chi connectivity index (χ1) is 17.3. The summed E-state index contributed by atoms with van der Waals surface area (Å²) in [6.07, 6.45) is -0.0921. The second-order valence-electron chi connectivity index (χ2n) is 8.90.